The number of nitrogens with one attached hydrogen (secondary N) is 1. The first kappa shape index (κ1) is 16.1. The highest BCUT2D eigenvalue weighted by atomic mass is 19.1. The number of likely N-dealkylation sites (N-methyl/N-ethyl adjacent to an activating group) is 1. The molecule has 1 aromatic carbocycles. The zero-order chi connectivity index (χ0) is 15.3. The molecular weight excluding hydrogens is 263 g/mol. The van der Waals surface area contributed by atoms with Crippen LogP contribution in [0, 0.1) is 5.82 Å². The summed E-state index contributed by atoms with van der Waals surface area (Å²) < 4.78 is 13.4. The van der Waals surface area contributed by atoms with Crippen LogP contribution in [0.25, 0.3) is 0 Å². The van der Waals surface area contributed by atoms with E-state index in [0.29, 0.717) is 0 Å². The molecule has 2 amide bonds. The number of nitrogens with zero attached hydrogens (tertiary/aromatic N) is 1. The first-order valence-electron chi connectivity index (χ1n) is 6.20. The van der Waals surface area contributed by atoms with Crippen molar-refractivity contribution in [2.45, 2.75) is 19.4 Å². The summed E-state index contributed by atoms with van der Waals surface area (Å²) in [7, 11) is 1.54. The maximum atomic E-state index is 13.4. The molecular formula is C14H19FN2O3. The zero-order valence-electron chi connectivity index (χ0n) is 11.8. The Bertz CT molecular complexity index is 503. The molecule has 0 saturated heterocycles. The smallest absolute Gasteiger partial charge is 0.254 e. The summed E-state index contributed by atoms with van der Waals surface area (Å²) in [5.74, 6) is -1.65. The Morgan fingerprint density at radius 3 is 2.50 bits per heavy atom. The van der Waals surface area contributed by atoms with Gasteiger partial charge in [0.1, 0.15) is 5.82 Å². The van der Waals surface area contributed by atoms with Gasteiger partial charge in [0.2, 0.25) is 5.91 Å². The van der Waals surface area contributed by atoms with E-state index in [0.717, 1.165) is 0 Å². The topological polar surface area (TPSA) is 69.6 Å². The number of aliphatic hydroxyl groups is 1. The van der Waals surface area contributed by atoms with Gasteiger partial charge >= 0.3 is 0 Å². The van der Waals surface area contributed by atoms with E-state index in [1.54, 1.807) is 19.9 Å². The molecule has 0 aliphatic heterocycles. The van der Waals surface area contributed by atoms with Gasteiger partial charge in [0.15, 0.2) is 0 Å². The van der Waals surface area contributed by atoms with Crippen LogP contribution in [0.15, 0.2) is 24.3 Å². The van der Waals surface area contributed by atoms with E-state index in [-0.39, 0.29) is 24.6 Å². The van der Waals surface area contributed by atoms with Gasteiger partial charge in [-0.3, -0.25) is 9.59 Å². The summed E-state index contributed by atoms with van der Waals surface area (Å²) in [4.78, 5) is 25.0. The van der Waals surface area contributed by atoms with E-state index < -0.39 is 17.3 Å². The number of amides is 2. The second kappa shape index (κ2) is 6.47. The normalized spacial score (nSPS) is 11.1. The minimum atomic E-state index is -0.722. The average Bonchev–Trinajstić information content (AvgIpc) is 2.44. The highest BCUT2D eigenvalue weighted by Gasteiger charge is 2.26. The summed E-state index contributed by atoms with van der Waals surface area (Å²) >= 11 is 0. The predicted octanol–water partition coefficient (Wildman–Crippen LogP) is 0.785. The maximum absolute atomic E-state index is 13.4. The Morgan fingerprint density at radius 1 is 1.35 bits per heavy atom. The van der Waals surface area contributed by atoms with Crippen LogP contribution in [0.2, 0.25) is 0 Å². The largest absolute Gasteiger partial charge is 0.394 e. The van der Waals surface area contributed by atoms with Gasteiger partial charge in [-0.2, -0.15) is 0 Å². The number of hydrogen-bond donors (Lipinski definition) is 2. The van der Waals surface area contributed by atoms with Crippen molar-refractivity contribution in [3.8, 4) is 0 Å². The highest BCUT2D eigenvalue weighted by Crippen LogP contribution is 2.11. The van der Waals surface area contributed by atoms with Crippen LogP contribution in [0.4, 0.5) is 4.39 Å². The fraction of sp³-hybridized carbons (Fsp3) is 0.429. The molecule has 6 heteroatoms. The second-order valence-corrected chi connectivity index (χ2v) is 5.09. The molecule has 0 aromatic heterocycles. The highest BCUT2D eigenvalue weighted by molar-refractivity contribution is 5.96. The second-order valence-electron chi connectivity index (χ2n) is 5.09. The lowest BCUT2D eigenvalue weighted by molar-refractivity contribution is -0.134. The number of carbonyl (C=O) groups is 2. The van der Waals surface area contributed by atoms with Gasteiger partial charge in [0.05, 0.1) is 24.3 Å². The van der Waals surface area contributed by atoms with Crippen molar-refractivity contribution in [2.24, 2.45) is 0 Å². The molecule has 0 heterocycles. The summed E-state index contributed by atoms with van der Waals surface area (Å²) in [6.45, 7) is 2.94. The molecule has 110 valence electrons. The molecule has 0 fully saturated rings. The predicted molar refractivity (Wildman–Crippen MR) is 72.7 cm³/mol. The summed E-state index contributed by atoms with van der Waals surface area (Å²) in [5, 5.41) is 11.5. The zero-order valence-corrected chi connectivity index (χ0v) is 11.8. The van der Waals surface area contributed by atoms with Crippen LogP contribution in [0.3, 0.4) is 0 Å². The monoisotopic (exact) mass is 282 g/mol. The first-order valence-corrected chi connectivity index (χ1v) is 6.20. The molecule has 0 aliphatic rings. The van der Waals surface area contributed by atoms with Crippen molar-refractivity contribution >= 4 is 11.8 Å². The van der Waals surface area contributed by atoms with E-state index in [4.69, 9.17) is 0 Å². The van der Waals surface area contributed by atoms with E-state index in [9.17, 15) is 19.1 Å². The lowest BCUT2D eigenvalue weighted by Gasteiger charge is -2.33. The minimum Gasteiger partial charge on any atom is -0.394 e. The van der Waals surface area contributed by atoms with E-state index in [1.807, 2.05) is 0 Å². The number of aliphatic hydroxyl groups excluding tert-OH is 1. The van der Waals surface area contributed by atoms with Gasteiger partial charge in [-0.1, -0.05) is 12.1 Å². The molecule has 0 unspecified atom stereocenters. The van der Waals surface area contributed by atoms with Crippen LogP contribution in [-0.4, -0.2) is 47.6 Å². The van der Waals surface area contributed by atoms with Gasteiger partial charge in [0.25, 0.3) is 5.91 Å². The quantitative estimate of drug-likeness (QED) is 0.838. The van der Waals surface area contributed by atoms with Crippen molar-refractivity contribution in [3.63, 3.8) is 0 Å². The molecule has 0 radical (unpaired) electrons. The third-order valence-corrected chi connectivity index (χ3v) is 3.19. The lowest BCUT2D eigenvalue weighted by Crippen LogP contribution is -2.50. The Hall–Kier alpha value is -1.95. The van der Waals surface area contributed by atoms with Crippen molar-refractivity contribution < 1.29 is 19.1 Å². The molecule has 0 atom stereocenters. The molecule has 1 aromatic rings. The minimum absolute atomic E-state index is 0.107. The molecule has 0 spiro atoms. The van der Waals surface area contributed by atoms with Crippen molar-refractivity contribution in [3.05, 3.63) is 35.6 Å². The van der Waals surface area contributed by atoms with Gasteiger partial charge in [-0.25, -0.2) is 4.39 Å². The van der Waals surface area contributed by atoms with Gasteiger partial charge in [-0.05, 0) is 26.0 Å². The number of carbonyl (C=O) groups excluding carboxylic acids is 2. The third-order valence-electron chi connectivity index (χ3n) is 3.19. The van der Waals surface area contributed by atoms with Gasteiger partial charge in [0, 0.05) is 7.05 Å². The Kier molecular flexibility index (Phi) is 5.21. The Labute approximate surface area is 117 Å². The van der Waals surface area contributed by atoms with E-state index in [1.165, 1.54) is 30.1 Å². The molecule has 2 N–H and O–H groups in total. The standard InChI is InChI=1S/C14H19FN2O3/c1-14(2,9-18)17(3)12(19)8-16-13(20)10-6-4-5-7-11(10)15/h4-7,18H,8-9H2,1-3H3,(H,16,20). The van der Waals surface area contributed by atoms with E-state index >= 15 is 0 Å². The summed E-state index contributed by atoms with van der Waals surface area (Å²) in [6, 6.07) is 5.55. The van der Waals surface area contributed by atoms with E-state index in [2.05, 4.69) is 5.32 Å². The summed E-state index contributed by atoms with van der Waals surface area (Å²) in [5.41, 5.74) is -0.829. The lowest BCUT2D eigenvalue weighted by atomic mass is 10.1. The molecule has 0 saturated carbocycles. The van der Waals surface area contributed by atoms with Crippen molar-refractivity contribution in [1.29, 1.82) is 0 Å². The number of halogens is 1. The molecule has 20 heavy (non-hydrogen) atoms. The van der Waals surface area contributed by atoms with Crippen molar-refractivity contribution in [2.75, 3.05) is 20.2 Å². The van der Waals surface area contributed by atoms with Gasteiger partial charge in [-0.15, -0.1) is 0 Å². The van der Waals surface area contributed by atoms with Crippen LogP contribution >= 0.6 is 0 Å². The molecule has 0 bridgehead atoms. The Morgan fingerprint density at radius 2 is 1.95 bits per heavy atom. The molecule has 5 nitrogen and oxygen atoms in total. The van der Waals surface area contributed by atoms with Crippen LogP contribution in [-0.2, 0) is 4.79 Å². The van der Waals surface area contributed by atoms with Gasteiger partial charge < -0.3 is 15.3 Å². The van der Waals surface area contributed by atoms with Crippen LogP contribution in [0.5, 0.6) is 0 Å². The average molecular weight is 282 g/mol. The maximum Gasteiger partial charge on any atom is 0.254 e. The van der Waals surface area contributed by atoms with Crippen LogP contribution < -0.4 is 5.32 Å². The number of benzene rings is 1. The van der Waals surface area contributed by atoms with Crippen LogP contribution in [0.1, 0.15) is 24.2 Å². The first-order chi connectivity index (χ1) is 9.29. The number of rotatable bonds is 5. The molecule has 1 rings (SSSR count). The SMILES string of the molecule is CN(C(=O)CNC(=O)c1ccccc1F)C(C)(C)CO. The van der Waals surface area contributed by atoms with Crippen molar-refractivity contribution in [1.82, 2.24) is 10.2 Å². The number of hydrogen-bond acceptors (Lipinski definition) is 3. The fourth-order valence-corrected chi connectivity index (χ4v) is 1.46. The fourth-order valence-electron chi connectivity index (χ4n) is 1.46. The summed E-state index contributed by atoms with van der Waals surface area (Å²) in [6.07, 6.45) is 0. The molecule has 0 aliphatic carbocycles. The Balaban J connectivity index is 2.62. The third kappa shape index (κ3) is 3.77.